The SMILES string of the molecule is CC(O)C(NC(=O)C(CO)NC(=O)C(CS)NC(=O)C(N)CCCCN)C(=O)O. The summed E-state index contributed by atoms with van der Waals surface area (Å²) in [5.74, 6) is -4.02. The predicted octanol–water partition coefficient (Wildman–Crippen LogP) is -3.72. The zero-order valence-electron chi connectivity index (χ0n) is 16.2. The van der Waals surface area contributed by atoms with E-state index in [1.54, 1.807) is 0 Å². The molecule has 13 heteroatoms. The summed E-state index contributed by atoms with van der Waals surface area (Å²) in [5, 5.41) is 34.4. The van der Waals surface area contributed by atoms with Crippen molar-refractivity contribution in [3.8, 4) is 0 Å². The van der Waals surface area contributed by atoms with Crippen molar-refractivity contribution in [2.45, 2.75) is 56.5 Å². The Labute approximate surface area is 174 Å². The number of aliphatic hydroxyl groups is 2. The summed E-state index contributed by atoms with van der Waals surface area (Å²) in [6.07, 6.45) is 0.316. The van der Waals surface area contributed by atoms with Crippen LogP contribution in [0.25, 0.3) is 0 Å². The fourth-order valence-corrected chi connectivity index (χ4v) is 2.48. The molecular formula is C16H31N5O7S. The molecule has 0 radical (unpaired) electrons. The largest absolute Gasteiger partial charge is 0.480 e. The molecule has 0 saturated carbocycles. The zero-order valence-corrected chi connectivity index (χ0v) is 17.1. The fourth-order valence-electron chi connectivity index (χ4n) is 2.22. The highest BCUT2D eigenvalue weighted by Gasteiger charge is 2.31. The Kier molecular flexibility index (Phi) is 13.2. The number of hydrogen-bond donors (Lipinski definition) is 9. The van der Waals surface area contributed by atoms with Crippen LogP contribution in [0.3, 0.4) is 0 Å². The van der Waals surface area contributed by atoms with Gasteiger partial charge in [-0.3, -0.25) is 14.4 Å². The van der Waals surface area contributed by atoms with Crippen LogP contribution in [-0.4, -0.2) is 88.2 Å². The lowest BCUT2D eigenvalue weighted by molar-refractivity contribution is -0.145. The molecule has 5 atom stereocenters. The van der Waals surface area contributed by atoms with E-state index in [1.165, 1.54) is 0 Å². The Morgan fingerprint density at radius 2 is 1.55 bits per heavy atom. The lowest BCUT2D eigenvalue weighted by Crippen LogP contribution is -2.59. The Balaban J connectivity index is 4.88. The smallest absolute Gasteiger partial charge is 0.328 e. The number of carbonyl (C=O) groups excluding carboxylic acids is 3. The lowest BCUT2D eigenvalue weighted by atomic mass is 10.1. The summed E-state index contributed by atoms with van der Waals surface area (Å²) >= 11 is 3.99. The van der Waals surface area contributed by atoms with Crippen molar-refractivity contribution >= 4 is 36.3 Å². The summed E-state index contributed by atoms with van der Waals surface area (Å²) < 4.78 is 0. The first-order chi connectivity index (χ1) is 13.6. The topological polar surface area (TPSA) is 217 Å². The molecule has 0 aromatic rings. The minimum absolute atomic E-state index is 0.113. The quantitative estimate of drug-likeness (QED) is 0.0962. The zero-order chi connectivity index (χ0) is 22.6. The maximum atomic E-state index is 12.3. The molecule has 0 bridgehead atoms. The second-order valence-corrected chi connectivity index (χ2v) is 6.81. The highest BCUT2D eigenvalue weighted by Crippen LogP contribution is 2.00. The third-order valence-corrected chi connectivity index (χ3v) is 4.35. The molecule has 0 saturated heterocycles. The molecule has 0 spiro atoms. The van der Waals surface area contributed by atoms with E-state index in [9.17, 15) is 29.4 Å². The molecule has 3 amide bonds. The van der Waals surface area contributed by atoms with Crippen LogP contribution in [0.1, 0.15) is 26.2 Å². The van der Waals surface area contributed by atoms with Crippen molar-refractivity contribution in [1.82, 2.24) is 16.0 Å². The van der Waals surface area contributed by atoms with Crippen molar-refractivity contribution in [1.29, 1.82) is 0 Å². The molecule has 0 aliphatic carbocycles. The molecule has 10 N–H and O–H groups in total. The van der Waals surface area contributed by atoms with Gasteiger partial charge in [0, 0.05) is 5.75 Å². The van der Waals surface area contributed by atoms with Crippen LogP contribution >= 0.6 is 12.6 Å². The van der Waals surface area contributed by atoms with Gasteiger partial charge in [0.05, 0.1) is 18.8 Å². The van der Waals surface area contributed by atoms with Crippen LogP contribution in [0.15, 0.2) is 0 Å². The number of nitrogens with two attached hydrogens (primary N) is 2. The van der Waals surface area contributed by atoms with Crippen molar-refractivity contribution in [3.05, 3.63) is 0 Å². The Morgan fingerprint density at radius 3 is 2.00 bits per heavy atom. The highest BCUT2D eigenvalue weighted by atomic mass is 32.1. The van der Waals surface area contributed by atoms with E-state index < -0.39 is 60.6 Å². The Morgan fingerprint density at radius 1 is 1.00 bits per heavy atom. The van der Waals surface area contributed by atoms with Gasteiger partial charge in [0.25, 0.3) is 0 Å². The van der Waals surface area contributed by atoms with E-state index in [2.05, 4.69) is 23.3 Å². The van der Waals surface area contributed by atoms with Crippen molar-refractivity contribution < 1.29 is 34.5 Å². The number of hydrogen-bond acceptors (Lipinski definition) is 9. The molecule has 0 fully saturated rings. The molecule has 0 aliphatic rings. The van der Waals surface area contributed by atoms with Crippen molar-refractivity contribution in [2.75, 3.05) is 18.9 Å². The van der Waals surface area contributed by atoms with Crippen LogP contribution < -0.4 is 27.4 Å². The highest BCUT2D eigenvalue weighted by molar-refractivity contribution is 7.80. The molecule has 5 unspecified atom stereocenters. The van der Waals surface area contributed by atoms with E-state index in [0.29, 0.717) is 25.8 Å². The number of aliphatic hydroxyl groups excluding tert-OH is 2. The molecule has 168 valence electrons. The van der Waals surface area contributed by atoms with Gasteiger partial charge >= 0.3 is 5.97 Å². The van der Waals surface area contributed by atoms with Gasteiger partial charge in [-0.25, -0.2) is 4.79 Å². The molecule has 0 aromatic carbocycles. The van der Waals surface area contributed by atoms with Crippen LogP contribution in [0.4, 0.5) is 0 Å². The van der Waals surface area contributed by atoms with E-state index in [1.807, 2.05) is 5.32 Å². The number of rotatable bonds is 14. The molecule has 0 rings (SSSR count). The molecule has 12 nitrogen and oxygen atoms in total. The van der Waals surface area contributed by atoms with E-state index in [-0.39, 0.29) is 5.75 Å². The number of nitrogens with one attached hydrogen (secondary N) is 3. The maximum Gasteiger partial charge on any atom is 0.328 e. The number of carboxylic acid groups (broad SMARTS) is 1. The number of unbranched alkanes of at least 4 members (excludes halogenated alkanes) is 1. The second-order valence-electron chi connectivity index (χ2n) is 6.44. The van der Waals surface area contributed by atoms with Crippen molar-refractivity contribution in [2.24, 2.45) is 11.5 Å². The van der Waals surface area contributed by atoms with Crippen LogP contribution in [-0.2, 0) is 19.2 Å². The lowest BCUT2D eigenvalue weighted by Gasteiger charge is -2.24. The van der Waals surface area contributed by atoms with Crippen LogP contribution in [0.5, 0.6) is 0 Å². The first-order valence-electron chi connectivity index (χ1n) is 9.08. The standard InChI is InChI=1S/C16H31N5O7S/c1-8(23)12(16(27)28)21-14(25)10(6-22)19-15(26)11(7-29)20-13(24)9(18)4-2-3-5-17/h8-12,22-23,29H,2-7,17-18H2,1H3,(H,19,26)(H,20,24)(H,21,25)(H,27,28). The van der Waals surface area contributed by atoms with Gasteiger partial charge in [0.2, 0.25) is 17.7 Å². The maximum absolute atomic E-state index is 12.3. The first kappa shape index (κ1) is 27.1. The summed E-state index contributed by atoms with van der Waals surface area (Å²) in [6, 6.07) is -5.11. The third kappa shape index (κ3) is 9.89. The van der Waals surface area contributed by atoms with Gasteiger partial charge in [-0.1, -0.05) is 6.42 Å². The van der Waals surface area contributed by atoms with Gasteiger partial charge in [-0.2, -0.15) is 12.6 Å². The average molecular weight is 438 g/mol. The summed E-state index contributed by atoms with van der Waals surface area (Å²) in [4.78, 5) is 47.6. The number of thiol groups is 1. The molecular weight excluding hydrogens is 406 g/mol. The third-order valence-electron chi connectivity index (χ3n) is 3.98. The van der Waals surface area contributed by atoms with Gasteiger partial charge in [-0.15, -0.1) is 0 Å². The molecule has 0 heterocycles. The van der Waals surface area contributed by atoms with Gasteiger partial charge in [0.15, 0.2) is 6.04 Å². The minimum Gasteiger partial charge on any atom is -0.480 e. The number of amides is 3. The Bertz CT molecular complexity index is 564. The fraction of sp³-hybridized carbons (Fsp3) is 0.750. The van der Waals surface area contributed by atoms with E-state index in [0.717, 1.165) is 6.92 Å². The first-order valence-corrected chi connectivity index (χ1v) is 9.71. The van der Waals surface area contributed by atoms with Crippen LogP contribution in [0, 0.1) is 0 Å². The predicted molar refractivity (Wildman–Crippen MR) is 107 cm³/mol. The number of aliphatic carboxylic acids is 1. The number of carboxylic acids is 1. The molecule has 0 aliphatic heterocycles. The van der Waals surface area contributed by atoms with Crippen molar-refractivity contribution in [3.63, 3.8) is 0 Å². The van der Waals surface area contributed by atoms with Gasteiger partial charge < -0.3 is 42.7 Å². The molecule has 0 aromatic heterocycles. The summed E-state index contributed by atoms with van der Waals surface area (Å²) in [5.41, 5.74) is 11.1. The number of carbonyl (C=O) groups is 4. The molecule has 29 heavy (non-hydrogen) atoms. The van der Waals surface area contributed by atoms with Gasteiger partial charge in [-0.05, 0) is 26.3 Å². The Hall–Kier alpha value is -1.93. The normalized spacial score (nSPS) is 16.1. The van der Waals surface area contributed by atoms with E-state index >= 15 is 0 Å². The second kappa shape index (κ2) is 14.1. The average Bonchev–Trinajstić information content (AvgIpc) is 2.67. The monoisotopic (exact) mass is 437 g/mol. The van der Waals surface area contributed by atoms with Gasteiger partial charge in [0.1, 0.15) is 12.1 Å². The minimum atomic E-state index is -1.62. The van der Waals surface area contributed by atoms with Crippen LogP contribution in [0.2, 0.25) is 0 Å². The van der Waals surface area contributed by atoms with E-state index in [4.69, 9.17) is 16.6 Å². The summed E-state index contributed by atoms with van der Waals surface area (Å²) in [6.45, 7) is 0.794. The summed E-state index contributed by atoms with van der Waals surface area (Å²) in [7, 11) is 0.